The first-order chi connectivity index (χ1) is 14.5. The van der Waals surface area contributed by atoms with Gasteiger partial charge in [0, 0.05) is 19.5 Å². The third-order valence-corrected chi connectivity index (χ3v) is 7.16. The maximum Gasteiger partial charge on any atom is 0.176 e. The summed E-state index contributed by atoms with van der Waals surface area (Å²) in [5.41, 5.74) is 2.41. The zero-order valence-corrected chi connectivity index (χ0v) is 18.4. The number of carbonyl (C=O) groups is 1. The third kappa shape index (κ3) is 3.46. The number of benzene rings is 1. The molecule has 0 bridgehead atoms. The number of aryl methyl sites for hydroxylation is 1. The molecule has 1 aromatic carbocycles. The van der Waals surface area contributed by atoms with Crippen molar-refractivity contribution >= 4 is 22.4 Å². The molecule has 5 atom stereocenters. The topological polar surface area (TPSA) is 67.6 Å². The van der Waals surface area contributed by atoms with Crippen molar-refractivity contribution in [3.8, 4) is 0 Å². The summed E-state index contributed by atoms with van der Waals surface area (Å²) in [6.45, 7) is 8.94. The number of imidazole rings is 1. The number of aliphatic hydroxyl groups excluding tert-OH is 1. The van der Waals surface area contributed by atoms with Gasteiger partial charge in [0.05, 0.1) is 34.9 Å². The van der Waals surface area contributed by atoms with Crippen LogP contribution in [-0.2, 0) is 16.6 Å². The Morgan fingerprint density at radius 2 is 1.97 bits per heavy atom. The number of ketones is 1. The molecule has 2 aliphatic rings. The number of aliphatic hydroxyl groups is 1. The van der Waals surface area contributed by atoms with Crippen molar-refractivity contribution in [2.45, 2.75) is 45.8 Å². The van der Waals surface area contributed by atoms with Crippen molar-refractivity contribution in [2.75, 3.05) is 19.6 Å². The molecule has 0 saturated heterocycles. The SMILES string of the molecule is CCC1CC2C(=O)C(c3nc4ccccc4n3C)=COC2C(CN(CC)CC)C1O. The Morgan fingerprint density at radius 3 is 2.63 bits per heavy atom. The minimum Gasteiger partial charge on any atom is -0.496 e. The Morgan fingerprint density at radius 1 is 1.23 bits per heavy atom. The van der Waals surface area contributed by atoms with Crippen LogP contribution in [0, 0.1) is 17.8 Å². The van der Waals surface area contributed by atoms with Crippen molar-refractivity contribution < 1.29 is 14.6 Å². The minimum atomic E-state index is -0.449. The van der Waals surface area contributed by atoms with E-state index in [0.717, 1.165) is 37.1 Å². The van der Waals surface area contributed by atoms with Gasteiger partial charge < -0.3 is 19.3 Å². The summed E-state index contributed by atoms with van der Waals surface area (Å²) in [7, 11) is 1.94. The molecule has 1 aliphatic carbocycles. The molecule has 1 N–H and O–H groups in total. The van der Waals surface area contributed by atoms with Crippen LogP contribution in [0.4, 0.5) is 0 Å². The average Bonchev–Trinajstić information content (AvgIpc) is 3.10. The first-order valence-electron chi connectivity index (χ1n) is 11.2. The molecule has 2 aromatic rings. The van der Waals surface area contributed by atoms with Crippen LogP contribution in [0.5, 0.6) is 0 Å². The fourth-order valence-corrected chi connectivity index (χ4v) is 5.25. The average molecular weight is 412 g/mol. The van der Waals surface area contributed by atoms with Gasteiger partial charge in [-0.15, -0.1) is 0 Å². The molecule has 0 amide bonds. The number of carbonyl (C=O) groups excluding carboxylic acids is 1. The van der Waals surface area contributed by atoms with E-state index in [2.05, 4.69) is 25.7 Å². The number of Topliss-reactive ketones (excluding diaryl/α,β-unsaturated/α-hetero) is 1. The van der Waals surface area contributed by atoms with Crippen molar-refractivity contribution in [1.82, 2.24) is 14.5 Å². The normalized spacial score (nSPS) is 29.1. The fraction of sp³-hybridized carbons (Fsp3) is 0.583. The zero-order chi connectivity index (χ0) is 21.4. The summed E-state index contributed by atoms with van der Waals surface area (Å²) in [6, 6.07) is 7.90. The highest BCUT2D eigenvalue weighted by atomic mass is 16.5. The van der Waals surface area contributed by atoms with Crippen LogP contribution in [0.25, 0.3) is 16.6 Å². The molecule has 1 aliphatic heterocycles. The summed E-state index contributed by atoms with van der Waals surface area (Å²) in [5.74, 6) is 0.548. The number of aromatic nitrogens is 2. The molecule has 30 heavy (non-hydrogen) atoms. The second-order valence-corrected chi connectivity index (χ2v) is 8.63. The zero-order valence-electron chi connectivity index (χ0n) is 18.4. The van der Waals surface area contributed by atoms with Gasteiger partial charge in [-0.3, -0.25) is 4.79 Å². The Balaban J connectivity index is 1.69. The van der Waals surface area contributed by atoms with Gasteiger partial charge in [0.15, 0.2) is 5.78 Å². The van der Waals surface area contributed by atoms with Crippen LogP contribution in [0.2, 0.25) is 0 Å². The van der Waals surface area contributed by atoms with E-state index in [9.17, 15) is 9.90 Å². The van der Waals surface area contributed by atoms with Gasteiger partial charge in [-0.25, -0.2) is 4.98 Å². The summed E-state index contributed by atoms with van der Waals surface area (Å²) < 4.78 is 8.18. The van der Waals surface area contributed by atoms with Crippen LogP contribution < -0.4 is 0 Å². The maximum atomic E-state index is 13.6. The molecule has 1 fully saturated rings. The predicted octanol–water partition coefficient (Wildman–Crippen LogP) is 3.25. The molecule has 0 radical (unpaired) electrons. The lowest BCUT2D eigenvalue weighted by atomic mass is 9.67. The number of fused-ring (bicyclic) bond motifs is 2. The maximum absolute atomic E-state index is 13.6. The number of para-hydroxylation sites is 2. The highest BCUT2D eigenvalue weighted by Gasteiger charge is 2.50. The minimum absolute atomic E-state index is 0.0733. The van der Waals surface area contributed by atoms with Crippen LogP contribution in [0.15, 0.2) is 30.5 Å². The van der Waals surface area contributed by atoms with E-state index in [1.807, 2.05) is 35.9 Å². The molecule has 1 saturated carbocycles. The third-order valence-electron chi connectivity index (χ3n) is 7.16. The Bertz CT molecular complexity index is 946. The number of hydrogen-bond acceptors (Lipinski definition) is 5. The Labute approximate surface area is 178 Å². The molecule has 4 rings (SSSR count). The summed E-state index contributed by atoms with van der Waals surface area (Å²) in [4.78, 5) is 20.6. The monoisotopic (exact) mass is 411 g/mol. The molecule has 162 valence electrons. The number of allylic oxidation sites excluding steroid dienone is 1. The highest BCUT2D eigenvalue weighted by Crippen LogP contribution is 2.43. The lowest BCUT2D eigenvalue weighted by Crippen LogP contribution is -2.55. The fourth-order valence-electron chi connectivity index (χ4n) is 5.25. The van der Waals surface area contributed by atoms with Crippen LogP contribution in [-0.4, -0.2) is 57.2 Å². The summed E-state index contributed by atoms with van der Waals surface area (Å²) in [6.07, 6.45) is 2.39. The summed E-state index contributed by atoms with van der Waals surface area (Å²) in [5, 5.41) is 11.1. The quantitative estimate of drug-likeness (QED) is 0.790. The van der Waals surface area contributed by atoms with Gasteiger partial charge >= 0.3 is 0 Å². The lowest BCUT2D eigenvalue weighted by molar-refractivity contribution is -0.140. The van der Waals surface area contributed by atoms with E-state index >= 15 is 0 Å². The van der Waals surface area contributed by atoms with E-state index in [1.54, 1.807) is 6.26 Å². The van der Waals surface area contributed by atoms with E-state index < -0.39 is 6.10 Å². The first kappa shape index (κ1) is 21.1. The number of ether oxygens (including phenoxy) is 1. The van der Waals surface area contributed by atoms with E-state index in [0.29, 0.717) is 17.8 Å². The second kappa shape index (κ2) is 8.52. The molecule has 0 spiro atoms. The summed E-state index contributed by atoms with van der Waals surface area (Å²) >= 11 is 0. The van der Waals surface area contributed by atoms with Crippen molar-refractivity contribution in [3.63, 3.8) is 0 Å². The molecule has 6 nitrogen and oxygen atoms in total. The molecule has 6 heteroatoms. The van der Waals surface area contributed by atoms with Crippen LogP contribution in [0.1, 0.15) is 39.4 Å². The van der Waals surface area contributed by atoms with Crippen molar-refractivity contribution in [1.29, 1.82) is 0 Å². The largest absolute Gasteiger partial charge is 0.496 e. The van der Waals surface area contributed by atoms with Gasteiger partial charge in [-0.2, -0.15) is 0 Å². The Kier molecular flexibility index (Phi) is 5.98. The number of nitrogens with zero attached hydrogens (tertiary/aromatic N) is 3. The highest BCUT2D eigenvalue weighted by molar-refractivity contribution is 6.21. The number of rotatable bonds is 6. The second-order valence-electron chi connectivity index (χ2n) is 8.63. The molecule has 5 unspecified atom stereocenters. The van der Waals surface area contributed by atoms with Crippen molar-refractivity contribution in [3.05, 3.63) is 36.4 Å². The van der Waals surface area contributed by atoms with Gasteiger partial charge in [0.2, 0.25) is 0 Å². The number of hydrogen-bond donors (Lipinski definition) is 1. The van der Waals surface area contributed by atoms with E-state index in [4.69, 9.17) is 9.72 Å². The van der Waals surface area contributed by atoms with Gasteiger partial charge in [-0.1, -0.05) is 39.3 Å². The molecular formula is C24H33N3O3. The lowest BCUT2D eigenvalue weighted by Gasteiger charge is -2.46. The van der Waals surface area contributed by atoms with Crippen LogP contribution >= 0.6 is 0 Å². The Hall–Kier alpha value is -2.18. The van der Waals surface area contributed by atoms with Gasteiger partial charge in [0.25, 0.3) is 0 Å². The van der Waals surface area contributed by atoms with Gasteiger partial charge in [0.1, 0.15) is 11.9 Å². The molecular weight excluding hydrogens is 378 g/mol. The molecule has 1 aromatic heterocycles. The smallest absolute Gasteiger partial charge is 0.176 e. The van der Waals surface area contributed by atoms with Crippen LogP contribution in [0.3, 0.4) is 0 Å². The predicted molar refractivity (Wildman–Crippen MR) is 118 cm³/mol. The van der Waals surface area contributed by atoms with Crippen molar-refractivity contribution in [2.24, 2.45) is 24.8 Å². The van der Waals surface area contributed by atoms with E-state index in [1.165, 1.54) is 0 Å². The standard InChI is InChI=1S/C24H33N3O3/c1-5-15-12-16-22(29)18(24-25-19-10-8-9-11-20(19)26(24)4)14-30-23(16)17(21(15)28)13-27(6-2)7-3/h8-11,14-17,21,23,28H,5-7,12-13H2,1-4H3. The van der Waals surface area contributed by atoms with Gasteiger partial charge in [-0.05, 0) is 37.6 Å². The first-order valence-corrected chi connectivity index (χ1v) is 11.2. The van der Waals surface area contributed by atoms with E-state index in [-0.39, 0.29) is 29.6 Å². The molecule has 2 heterocycles.